The first-order chi connectivity index (χ1) is 17.4. The number of esters is 1. The number of amides is 2. The van der Waals surface area contributed by atoms with Gasteiger partial charge in [-0.1, -0.05) is 25.2 Å². The van der Waals surface area contributed by atoms with E-state index in [9.17, 15) is 14.4 Å². The molecule has 0 aliphatic heterocycles. The number of benzene rings is 1. The quantitative estimate of drug-likeness (QED) is 0.376. The molecule has 36 heavy (non-hydrogen) atoms. The summed E-state index contributed by atoms with van der Waals surface area (Å²) < 4.78 is 11.2. The lowest BCUT2D eigenvalue weighted by Gasteiger charge is -2.27. The first kappa shape index (κ1) is 26.0. The predicted octanol–water partition coefficient (Wildman–Crippen LogP) is 4.19. The molecule has 4 rings (SSSR count). The third kappa shape index (κ3) is 6.99. The molecule has 2 amide bonds. The molecule has 194 valence electrons. The normalized spacial score (nSPS) is 25.4. The summed E-state index contributed by atoms with van der Waals surface area (Å²) in [5.74, 6) is 2.02. The van der Waals surface area contributed by atoms with Crippen molar-refractivity contribution in [3.8, 4) is 5.75 Å². The molecule has 2 saturated carbocycles. The van der Waals surface area contributed by atoms with Crippen molar-refractivity contribution in [2.45, 2.75) is 58.5 Å². The number of rotatable bonds is 10. The molecule has 2 unspecified atom stereocenters. The molecule has 7 nitrogen and oxygen atoms in total. The van der Waals surface area contributed by atoms with E-state index in [0.29, 0.717) is 48.4 Å². The second-order valence-corrected chi connectivity index (χ2v) is 10.1. The second kappa shape index (κ2) is 12.2. The Morgan fingerprint density at radius 1 is 0.917 bits per heavy atom. The van der Waals surface area contributed by atoms with Gasteiger partial charge in [-0.3, -0.25) is 14.4 Å². The van der Waals surface area contributed by atoms with Gasteiger partial charge in [0, 0.05) is 24.2 Å². The van der Waals surface area contributed by atoms with Gasteiger partial charge in [-0.05, 0) is 87.5 Å². The molecular weight excluding hydrogens is 456 g/mol. The maximum Gasteiger partial charge on any atom is 0.308 e. The van der Waals surface area contributed by atoms with E-state index in [4.69, 9.17) is 9.47 Å². The lowest BCUT2D eigenvalue weighted by Crippen LogP contribution is -2.35. The molecule has 0 saturated heterocycles. The molecule has 2 atom stereocenters. The molecule has 0 spiro atoms. The van der Waals surface area contributed by atoms with Gasteiger partial charge in [0.2, 0.25) is 0 Å². The highest BCUT2D eigenvalue weighted by Crippen LogP contribution is 2.43. The fourth-order valence-electron chi connectivity index (χ4n) is 5.17. The van der Waals surface area contributed by atoms with Gasteiger partial charge >= 0.3 is 5.97 Å². The minimum absolute atomic E-state index is 0.0280. The topological polar surface area (TPSA) is 93.7 Å². The summed E-state index contributed by atoms with van der Waals surface area (Å²) in [6.45, 7) is 5.13. The van der Waals surface area contributed by atoms with E-state index in [1.165, 1.54) is 12.8 Å². The lowest BCUT2D eigenvalue weighted by molar-refractivity contribution is -0.149. The Bertz CT molecular complexity index is 987. The minimum atomic E-state index is -0.191. The van der Waals surface area contributed by atoms with Gasteiger partial charge in [0.15, 0.2) is 0 Å². The summed E-state index contributed by atoms with van der Waals surface area (Å²) in [7, 11) is 0. The smallest absolute Gasteiger partial charge is 0.308 e. The Hall–Kier alpha value is -3.09. The summed E-state index contributed by atoms with van der Waals surface area (Å²) in [5, 5.41) is 5.74. The molecule has 3 aliphatic carbocycles. The zero-order chi connectivity index (χ0) is 25.5. The van der Waals surface area contributed by atoms with Gasteiger partial charge in [-0.2, -0.15) is 0 Å². The van der Waals surface area contributed by atoms with E-state index in [-0.39, 0.29) is 29.8 Å². The van der Waals surface area contributed by atoms with Crippen LogP contribution in [-0.2, 0) is 14.3 Å². The first-order valence-electron chi connectivity index (χ1n) is 13.3. The molecule has 0 bridgehead atoms. The lowest BCUT2D eigenvalue weighted by atomic mass is 9.83. The van der Waals surface area contributed by atoms with Gasteiger partial charge in [0.1, 0.15) is 5.75 Å². The van der Waals surface area contributed by atoms with Crippen LogP contribution in [0.25, 0.3) is 0 Å². The molecule has 1 aromatic rings. The number of hydrogen-bond acceptors (Lipinski definition) is 5. The van der Waals surface area contributed by atoms with E-state index >= 15 is 0 Å². The van der Waals surface area contributed by atoms with E-state index in [1.807, 2.05) is 13.0 Å². The largest absolute Gasteiger partial charge is 0.490 e. The summed E-state index contributed by atoms with van der Waals surface area (Å²) >= 11 is 0. The molecule has 0 heterocycles. The summed E-state index contributed by atoms with van der Waals surface area (Å²) in [6, 6.07) is 7.07. The van der Waals surface area contributed by atoms with Crippen LogP contribution in [0.3, 0.4) is 0 Å². The monoisotopic (exact) mass is 494 g/mol. The van der Waals surface area contributed by atoms with Crippen molar-refractivity contribution in [3.05, 3.63) is 53.6 Å². The third-order valence-electron chi connectivity index (χ3n) is 7.39. The van der Waals surface area contributed by atoms with Gasteiger partial charge in [-0.15, -0.1) is 0 Å². The SMILES string of the molecule is CCOC(=O)[C@H]1CC[C@@H](Oc2ccc(C(=O)NCCNC(=O)C3=CC(C)C(C4CC4)C=C3)cc2)CC1. The van der Waals surface area contributed by atoms with Crippen LogP contribution in [-0.4, -0.2) is 43.6 Å². The van der Waals surface area contributed by atoms with Gasteiger partial charge in [0.05, 0.1) is 18.6 Å². The van der Waals surface area contributed by atoms with Crippen LogP contribution in [0, 0.1) is 23.7 Å². The molecule has 0 radical (unpaired) electrons. The van der Waals surface area contributed by atoms with Crippen molar-refractivity contribution in [1.82, 2.24) is 10.6 Å². The molecule has 1 aromatic carbocycles. The maximum atomic E-state index is 12.5. The van der Waals surface area contributed by atoms with Crippen LogP contribution in [0.15, 0.2) is 48.1 Å². The number of allylic oxidation sites excluding steroid dienone is 2. The highest BCUT2D eigenvalue weighted by Gasteiger charge is 2.34. The fourth-order valence-corrected chi connectivity index (χ4v) is 5.17. The highest BCUT2D eigenvalue weighted by molar-refractivity contribution is 5.96. The van der Waals surface area contributed by atoms with Crippen LogP contribution < -0.4 is 15.4 Å². The van der Waals surface area contributed by atoms with Crippen LogP contribution in [0.2, 0.25) is 0 Å². The van der Waals surface area contributed by atoms with Crippen molar-refractivity contribution >= 4 is 17.8 Å². The second-order valence-electron chi connectivity index (χ2n) is 10.1. The van der Waals surface area contributed by atoms with Gasteiger partial charge < -0.3 is 20.1 Å². The molecule has 2 fully saturated rings. The minimum Gasteiger partial charge on any atom is -0.490 e. The first-order valence-corrected chi connectivity index (χ1v) is 13.3. The van der Waals surface area contributed by atoms with Crippen molar-refractivity contribution in [2.75, 3.05) is 19.7 Å². The van der Waals surface area contributed by atoms with Crippen molar-refractivity contribution < 1.29 is 23.9 Å². The van der Waals surface area contributed by atoms with Crippen molar-refractivity contribution in [3.63, 3.8) is 0 Å². The Morgan fingerprint density at radius 2 is 1.58 bits per heavy atom. The molecule has 0 aromatic heterocycles. The molecule has 7 heteroatoms. The number of nitrogens with one attached hydrogen (secondary N) is 2. The fraction of sp³-hybridized carbons (Fsp3) is 0.552. The number of carbonyl (C=O) groups is 3. The van der Waals surface area contributed by atoms with E-state index in [0.717, 1.165) is 31.6 Å². The third-order valence-corrected chi connectivity index (χ3v) is 7.39. The zero-order valence-electron chi connectivity index (χ0n) is 21.3. The van der Waals surface area contributed by atoms with Gasteiger partial charge in [0.25, 0.3) is 11.8 Å². The summed E-state index contributed by atoms with van der Waals surface area (Å²) in [6.07, 6.45) is 12.0. The average molecular weight is 495 g/mol. The van der Waals surface area contributed by atoms with Crippen LogP contribution in [0.4, 0.5) is 0 Å². The highest BCUT2D eigenvalue weighted by atomic mass is 16.5. The standard InChI is InChI=1S/C29H38N2O5/c1-3-35-29(34)22-8-13-25(14-9-22)36-24-11-6-21(7-12-24)27(32)30-16-17-31-28(33)23-10-15-26(19(2)18-23)20-4-5-20/h6-7,10-12,15,18-20,22,25-26H,3-5,8-9,13-14,16-17H2,1-2H3,(H,30,32)(H,31,33)/t19?,22-,25+,26?. The van der Waals surface area contributed by atoms with Gasteiger partial charge in [-0.25, -0.2) is 0 Å². The Morgan fingerprint density at radius 3 is 2.19 bits per heavy atom. The average Bonchev–Trinajstić information content (AvgIpc) is 3.73. The Balaban J connectivity index is 1.14. The maximum absolute atomic E-state index is 12.5. The van der Waals surface area contributed by atoms with E-state index < -0.39 is 0 Å². The Kier molecular flexibility index (Phi) is 8.83. The number of ether oxygens (including phenoxy) is 2. The van der Waals surface area contributed by atoms with E-state index in [2.05, 4.69) is 29.7 Å². The van der Waals surface area contributed by atoms with Crippen molar-refractivity contribution in [1.29, 1.82) is 0 Å². The van der Waals surface area contributed by atoms with Crippen LogP contribution >= 0.6 is 0 Å². The van der Waals surface area contributed by atoms with Crippen LogP contribution in [0.1, 0.15) is 62.7 Å². The van der Waals surface area contributed by atoms with Crippen LogP contribution in [0.5, 0.6) is 5.75 Å². The van der Waals surface area contributed by atoms with E-state index in [1.54, 1.807) is 24.3 Å². The molecule has 2 N–H and O–H groups in total. The zero-order valence-corrected chi connectivity index (χ0v) is 21.3. The molecular formula is C29H38N2O5. The number of hydrogen-bond donors (Lipinski definition) is 2. The summed E-state index contributed by atoms with van der Waals surface area (Å²) in [5.41, 5.74) is 1.24. The summed E-state index contributed by atoms with van der Waals surface area (Å²) in [4.78, 5) is 36.8. The molecule has 3 aliphatic rings. The number of carbonyl (C=O) groups excluding carboxylic acids is 3. The predicted molar refractivity (Wildman–Crippen MR) is 137 cm³/mol. The van der Waals surface area contributed by atoms with Crippen molar-refractivity contribution in [2.24, 2.45) is 23.7 Å². The Labute approximate surface area is 213 Å².